The van der Waals surface area contributed by atoms with E-state index in [0.717, 1.165) is 20.3 Å². The Labute approximate surface area is 254 Å². The Morgan fingerprint density at radius 1 is 0.867 bits per heavy atom. The Kier molecular flexibility index (Phi) is 10.2. The topological polar surface area (TPSA) is 135 Å². The number of hydrogen-bond acceptors (Lipinski definition) is 9. The van der Waals surface area contributed by atoms with E-state index in [9.17, 15) is 35.2 Å². The fourth-order valence-corrected chi connectivity index (χ4v) is 4.89. The molecule has 1 amide bonds. The van der Waals surface area contributed by atoms with Crippen molar-refractivity contribution < 1.29 is 44.6 Å². The largest absolute Gasteiger partial charge is 0.491 e. The van der Waals surface area contributed by atoms with Gasteiger partial charge in [0.2, 0.25) is 16.0 Å². The standard InChI is InChI=1S/C28H25F5N6O5S/c1-39(2)45(41,42)25-20(21(30)22(31)23(32)24(25)33)27(40)36-17-6-4-5-16(13-17)35-26-19(29)14-34-28(38-26)37-15-7-9-18(10-8-15)44-12-11-43-3/h4-10,13-14H,11-12H2,1-3H3,(H,36,40)(H2,34,35,37,38). The maximum atomic E-state index is 14.7. The summed E-state index contributed by atoms with van der Waals surface area (Å²) in [5.74, 6) is -11.4. The van der Waals surface area contributed by atoms with Crippen molar-refractivity contribution in [1.29, 1.82) is 0 Å². The molecule has 17 heteroatoms. The molecule has 0 fully saturated rings. The van der Waals surface area contributed by atoms with Gasteiger partial charge in [0.1, 0.15) is 22.8 Å². The highest BCUT2D eigenvalue weighted by molar-refractivity contribution is 7.89. The predicted octanol–water partition coefficient (Wildman–Crippen LogP) is 5.19. The Balaban J connectivity index is 1.55. The van der Waals surface area contributed by atoms with Crippen LogP contribution in [0.3, 0.4) is 0 Å². The third-order valence-electron chi connectivity index (χ3n) is 5.98. The molecule has 1 heterocycles. The number of halogens is 5. The normalized spacial score (nSPS) is 11.4. The monoisotopic (exact) mass is 652 g/mol. The zero-order valence-electron chi connectivity index (χ0n) is 23.8. The summed E-state index contributed by atoms with van der Waals surface area (Å²) >= 11 is 0. The molecule has 4 aromatic rings. The highest BCUT2D eigenvalue weighted by Crippen LogP contribution is 2.31. The van der Waals surface area contributed by atoms with E-state index in [1.54, 1.807) is 31.4 Å². The number of hydrogen-bond donors (Lipinski definition) is 3. The number of nitrogens with one attached hydrogen (secondary N) is 3. The van der Waals surface area contributed by atoms with Crippen LogP contribution in [0.1, 0.15) is 10.4 Å². The number of nitrogens with zero attached hydrogens (tertiary/aromatic N) is 3. The Morgan fingerprint density at radius 2 is 1.53 bits per heavy atom. The Morgan fingerprint density at radius 3 is 2.20 bits per heavy atom. The molecule has 0 radical (unpaired) electrons. The first-order chi connectivity index (χ1) is 21.3. The molecule has 0 aliphatic rings. The summed E-state index contributed by atoms with van der Waals surface area (Å²) in [4.78, 5) is 19.3. The maximum Gasteiger partial charge on any atom is 0.260 e. The van der Waals surface area contributed by atoms with E-state index in [2.05, 4.69) is 25.9 Å². The van der Waals surface area contributed by atoms with Gasteiger partial charge in [-0.25, -0.2) is 39.7 Å². The number of methoxy groups -OCH3 is 1. The lowest BCUT2D eigenvalue weighted by atomic mass is 10.1. The molecule has 11 nitrogen and oxygen atoms in total. The summed E-state index contributed by atoms with van der Waals surface area (Å²) < 4.78 is 108. The van der Waals surface area contributed by atoms with Gasteiger partial charge < -0.3 is 25.4 Å². The molecule has 0 aliphatic carbocycles. The SMILES string of the molecule is COCCOc1ccc(Nc2ncc(F)c(Nc3cccc(NC(=O)c4c(F)c(F)c(F)c(F)c4S(=O)(=O)N(C)C)c3)n2)cc1. The summed E-state index contributed by atoms with van der Waals surface area (Å²) in [6, 6.07) is 12.0. The van der Waals surface area contributed by atoms with Gasteiger partial charge in [-0.15, -0.1) is 0 Å². The molecule has 0 saturated heterocycles. The molecule has 0 aliphatic heterocycles. The number of benzene rings is 3. The average Bonchev–Trinajstić information content (AvgIpc) is 3.00. The summed E-state index contributed by atoms with van der Waals surface area (Å²) in [6.45, 7) is 0.785. The van der Waals surface area contributed by atoms with E-state index in [1.165, 1.54) is 24.3 Å². The number of carbonyl (C=O) groups is 1. The molecule has 0 unspecified atom stereocenters. The quantitative estimate of drug-likeness (QED) is 0.0819. The Bertz CT molecular complexity index is 1830. The smallest absolute Gasteiger partial charge is 0.260 e. The number of aromatic nitrogens is 2. The molecule has 0 atom stereocenters. The minimum Gasteiger partial charge on any atom is -0.491 e. The van der Waals surface area contributed by atoms with Gasteiger partial charge in [-0.2, -0.15) is 4.98 Å². The summed E-state index contributed by atoms with van der Waals surface area (Å²) in [6.07, 6.45) is 0.901. The first kappa shape index (κ1) is 33.0. The molecule has 0 spiro atoms. The van der Waals surface area contributed by atoms with Crippen LogP contribution in [0.15, 0.2) is 59.6 Å². The van der Waals surface area contributed by atoms with Crippen LogP contribution >= 0.6 is 0 Å². The van der Waals surface area contributed by atoms with Gasteiger partial charge >= 0.3 is 0 Å². The summed E-state index contributed by atoms with van der Waals surface area (Å²) in [7, 11) is -1.55. The number of carbonyl (C=O) groups excluding carboxylic acids is 1. The van der Waals surface area contributed by atoms with Gasteiger partial charge in [0, 0.05) is 38.3 Å². The van der Waals surface area contributed by atoms with E-state index in [0.29, 0.717) is 29.0 Å². The Hall–Kier alpha value is -4.87. The molecule has 0 saturated carbocycles. The van der Waals surface area contributed by atoms with Crippen LogP contribution in [0.25, 0.3) is 0 Å². The van der Waals surface area contributed by atoms with E-state index >= 15 is 0 Å². The lowest BCUT2D eigenvalue weighted by Gasteiger charge is -2.17. The first-order valence-electron chi connectivity index (χ1n) is 12.8. The van der Waals surface area contributed by atoms with Gasteiger partial charge in [-0.1, -0.05) is 6.07 Å². The molecule has 3 N–H and O–H groups in total. The van der Waals surface area contributed by atoms with E-state index in [4.69, 9.17) is 9.47 Å². The van der Waals surface area contributed by atoms with Crippen LogP contribution in [0.4, 0.5) is 50.8 Å². The average molecular weight is 653 g/mol. The molecule has 4 rings (SSSR count). The first-order valence-corrected chi connectivity index (χ1v) is 14.3. The van der Waals surface area contributed by atoms with Gasteiger partial charge in [-0.3, -0.25) is 4.79 Å². The fourth-order valence-electron chi connectivity index (χ4n) is 3.77. The molecular formula is C28H25F5N6O5S. The van der Waals surface area contributed by atoms with Crippen LogP contribution < -0.4 is 20.7 Å². The van der Waals surface area contributed by atoms with Crippen molar-refractivity contribution in [2.24, 2.45) is 0 Å². The lowest BCUT2D eigenvalue weighted by molar-refractivity contribution is 0.101. The van der Waals surface area contributed by atoms with Crippen LogP contribution in [0, 0.1) is 29.1 Å². The fraction of sp³-hybridized carbons (Fsp3) is 0.179. The second-order valence-corrected chi connectivity index (χ2v) is 11.4. The van der Waals surface area contributed by atoms with Gasteiger partial charge in [0.05, 0.1) is 12.8 Å². The maximum absolute atomic E-state index is 14.7. The molecule has 238 valence electrons. The van der Waals surface area contributed by atoms with Crippen molar-refractivity contribution in [2.75, 3.05) is 50.4 Å². The lowest BCUT2D eigenvalue weighted by Crippen LogP contribution is -2.29. The molecule has 3 aromatic carbocycles. The van der Waals surface area contributed by atoms with Crippen molar-refractivity contribution in [1.82, 2.24) is 14.3 Å². The minimum absolute atomic E-state index is 0.0156. The number of ether oxygens (including phenoxy) is 2. The number of amides is 1. The van der Waals surface area contributed by atoms with Gasteiger partial charge in [0.25, 0.3) is 5.91 Å². The van der Waals surface area contributed by atoms with Crippen LogP contribution in [0.2, 0.25) is 0 Å². The van der Waals surface area contributed by atoms with Gasteiger partial charge in [-0.05, 0) is 42.5 Å². The third kappa shape index (κ3) is 7.44. The summed E-state index contributed by atoms with van der Waals surface area (Å²) in [5, 5.41) is 7.71. The van der Waals surface area contributed by atoms with Crippen LogP contribution in [0.5, 0.6) is 5.75 Å². The predicted molar refractivity (Wildman–Crippen MR) is 154 cm³/mol. The van der Waals surface area contributed by atoms with Crippen molar-refractivity contribution in [3.05, 3.63) is 89.4 Å². The third-order valence-corrected chi connectivity index (χ3v) is 7.84. The number of rotatable bonds is 12. The minimum atomic E-state index is -4.96. The van der Waals surface area contributed by atoms with Crippen molar-refractivity contribution >= 4 is 44.8 Å². The molecule has 0 bridgehead atoms. The van der Waals surface area contributed by atoms with Crippen LogP contribution in [-0.4, -0.2) is 63.0 Å². The zero-order valence-corrected chi connectivity index (χ0v) is 24.6. The van der Waals surface area contributed by atoms with Crippen molar-refractivity contribution in [3.63, 3.8) is 0 Å². The second kappa shape index (κ2) is 13.8. The molecule has 45 heavy (non-hydrogen) atoms. The molecular weight excluding hydrogens is 627 g/mol. The molecule has 1 aromatic heterocycles. The van der Waals surface area contributed by atoms with Crippen molar-refractivity contribution in [3.8, 4) is 5.75 Å². The second-order valence-electron chi connectivity index (χ2n) is 9.29. The van der Waals surface area contributed by atoms with Crippen LogP contribution in [-0.2, 0) is 14.8 Å². The zero-order chi connectivity index (χ0) is 32.9. The van der Waals surface area contributed by atoms with E-state index < -0.39 is 55.5 Å². The highest BCUT2D eigenvalue weighted by Gasteiger charge is 2.37. The van der Waals surface area contributed by atoms with E-state index in [1.807, 2.05) is 0 Å². The van der Waals surface area contributed by atoms with Gasteiger partial charge in [0.15, 0.2) is 34.9 Å². The van der Waals surface area contributed by atoms with Crippen molar-refractivity contribution in [2.45, 2.75) is 4.90 Å². The number of sulfonamides is 1. The van der Waals surface area contributed by atoms with E-state index in [-0.39, 0.29) is 23.1 Å². The summed E-state index contributed by atoms with van der Waals surface area (Å²) in [5.41, 5.74) is -1.02. The highest BCUT2D eigenvalue weighted by atomic mass is 32.2. The number of anilines is 5.